The van der Waals surface area contributed by atoms with Crippen molar-refractivity contribution in [1.29, 1.82) is 0 Å². The van der Waals surface area contributed by atoms with E-state index in [-0.39, 0.29) is 11.3 Å². The average molecular weight is 265 g/mol. The maximum Gasteiger partial charge on any atom is 0.259 e. The van der Waals surface area contributed by atoms with Gasteiger partial charge in [0.05, 0.1) is 23.6 Å². The van der Waals surface area contributed by atoms with Crippen molar-refractivity contribution < 1.29 is 9.90 Å². The number of nitrogens with one attached hydrogen (secondary N) is 1. The number of aromatic hydroxyl groups is 1. The van der Waals surface area contributed by atoms with Crippen molar-refractivity contribution in [2.75, 3.05) is 5.32 Å². The van der Waals surface area contributed by atoms with Gasteiger partial charge in [0.15, 0.2) is 0 Å². The summed E-state index contributed by atoms with van der Waals surface area (Å²) < 4.78 is 0. The van der Waals surface area contributed by atoms with Crippen molar-refractivity contribution in [2.24, 2.45) is 0 Å². The molecule has 20 heavy (non-hydrogen) atoms. The summed E-state index contributed by atoms with van der Waals surface area (Å²) in [7, 11) is 0. The highest BCUT2D eigenvalue weighted by Gasteiger charge is 2.13. The van der Waals surface area contributed by atoms with Crippen LogP contribution in [0.4, 0.5) is 5.69 Å². The van der Waals surface area contributed by atoms with Gasteiger partial charge in [-0.2, -0.15) is 0 Å². The fourth-order valence-corrected chi connectivity index (χ4v) is 2.00. The first-order valence-electron chi connectivity index (χ1n) is 6.03. The number of hydrogen-bond donors (Lipinski definition) is 2. The number of fused-ring (bicyclic) bond motifs is 1. The zero-order chi connectivity index (χ0) is 13.9. The number of phenols is 1. The predicted octanol–water partition coefficient (Wildman–Crippen LogP) is 2.59. The minimum absolute atomic E-state index is 0.0301. The molecule has 2 N–H and O–H groups in total. The SMILES string of the molecule is O=C(Nc1cncnc1)c1ccc2ccccc2c1O. The molecule has 0 aliphatic rings. The number of carbonyl (C=O) groups excluding carboxylic acids is 1. The van der Waals surface area contributed by atoms with E-state index in [0.29, 0.717) is 11.1 Å². The van der Waals surface area contributed by atoms with Gasteiger partial charge in [0, 0.05) is 5.39 Å². The van der Waals surface area contributed by atoms with Crippen LogP contribution in [0.2, 0.25) is 0 Å². The number of carbonyl (C=O) groups is 1. The Balaban J connectivity index is 1.98. The standard InChI is InChI=1S/C15H11N3O2/c19-14-12-4-2-1-3-10(12)5-6-13(14)15(20)18-11-7-16-9-17-8-11/h1-9,19H,(H,18,20). The Morgan fingerprint density at radius 2 is 1.80 bits per heavy atom. The normalized spacial score (nSPS) is 10.4. The third-order valence-electron chi connectivity index (χ3n) is 2.96. The number of aromatic nitrogens is 2. The van der Waals surface area contributed by atoms with Crippen LogP contribution in [0, 0.1) is 0 Å². The van der Waals surface area contributed by atoms with Gasteiger partial charge in [-0.25, -0.2) is 9.97 Å². The Morgan fingerprint density at radius 3 is 2.60 bits per heavy atom. The molecule has 2 aromatic carbocycles. The number of benzene rings is 2. The second-order valence-corrected chi connectivity index (χ2v) is 4.26. The van der Waals surface area contributed by atoms with Crippen molar-refractivity contribution >= 4 is 22.4 Å². The molecule has 1 heterocycles. The third kappa shape index (κ3) is 2.16. The van der Waals surface area contributed by atoms with Gasteiger partial charge in [-0.15, -0.1) is 0 Å². The number of amides is 1. The highest BCUT2D eigenvalue weighted by molar-refractivity contribution is 6.09. The smallest absolute Gasteiger partial charge is 0.259 e. The fraction of sp³-hybridized carbons (Fsp3) is 0. The Kier molecular flexibility index (Phi) is 3.01. The molecule has 0 saturated carbocycles. The summed E-state index contributed by atoms with van der Waals surface area (Å²) in [4.78, 5) is 19.8. The molecule has 5 heteroatoms. The molecule has 1 amide bonds. The molecule has 98 valence electrons. The van der Waals surface area contributed by atoms with Crippen LogP contribution in [-0.4, -0.2) is 21.0 Å². The number of anilines is 1. The van der Waals surface area contributed by atoms with E-state index in [2.05, 4.69) is 15.3 Å². The average Bonchev–Trinajstić information content (AvgIpc) is 2.49. The number of rotatable bonds is 2. The lowest BCUT2D eigenvalue weighted by molar-refractivity contribution is 0.102. The number of hydrogen-bond acceptors (Lipinski definition) is 4. The molecule has 1 aromatic heterocycles. The molecule has 0 atom stereocenters. The van der Waals surface area contributed by atoms with Crippen LogP contribution in [-0.2, 0) is 0 Å². The topological polar surface area (TPSA) is 75.1 Å². The van der Waals surface area contributed by atoms with Gasteiger partial charge >= 0.3 is 0 Å². The summed E-state index contributed by atoms with van der Waals surface area (Å²) in [6.07, 6.45) is 4.36. The van der Waals surface area contributed by atoms with Crippen molar-refractivity contribution in [3.8, 4) is 5.75 Å². The van der Waals surface area contributed by atoms with E-state index in [1.165, 1.54) is 18.7 Å². The summed E-state index contributed by atoms with van der Waals surface area (Å²) in [5.41, 5.74) is 0.692. The van der Waals surface area contributed by atoms with Crippen molar-refractivity contribution in [3.63, 3.8) is 0 Å². The Labute approximate surface area is 114 Å². The summed E-state index contributed by atoms with van der Waals surface area (Å²) in [5.74, 6) is -0.430. The second kappa shape index (κ2) is 4.97. The van der Waals surface area contributed by atoms with Crippen LogP contribution in [0.3, 0.4) is 0 Å². The van der Waals surface area contributed by atoms with Crippen molar-refractivity contribution in [1.82, 2.24) is 9.97 Å². The molecular formula is C15H11N3O2. The zero-order valence-corrected chi connectivity index (χ0v) is 10.4. The van der Waals surface area contributed by atoms with Crippen LogP contribution in [0.1, 0.15) is 10.4 Å². The monoisotopic (exact) mass is 265 g/mol. The van der Waals surface area contributed by atoms with Gasteiger partial charge in [0.2, 0.25) is 0 Å². The summed E-state index contributed by atoms with van der Waals surface area (Å²) in [5, 5.41) is 14.4. The molecule has 0 unspecified atom stereocenters. The van der Waals surface area contributed by atoms with Crippen molar-refractivity contribution in [3.05, 3.63) is 60.7 Å². The largest absolute Gasteiger partial charge is 0.506 e. The molecule has 0 saturated heterocycles. The molecule has 0 aliphatic heterocycles. The van der Waals surface area contributed by atoms with Crippen LogP contribution in [0.5, 0.6) is 5.75 Å². The lowest BCUT2D eigenvalue weighted by Crippen LogP contribution is -2.12. The van der Waals surface area contributed by atoms with Gasteiger partial charge in [-0.1, -0.05) is 30.3 Å². The van der Waals surface area contributed by atoms with Gasteiger partial charge in [-0.3, -0.25) is 4.79 Å². The first-order chi connectivity index (χ1) is 9.75. The fourth-order valence-electron chi connectivity index (χ4n) is 2.00. The maximum absolute atomic E-state index is 12.2. The molecule has 0 fully saturated rings. The minimum atomic E-state index is -0.400. The van der Waals surface area contributed by atoms with Gasteiger partial charge in [0.1, 0.15) is 12.1 Å². The van der Waals surface area contributed by atoms with Gasteiger partial charge in [-0.05, 0) is 11.5 Å². The Morgan fingerprint density at radius 1 is 1.05 bits per heavy atom. The summed E-state index contributed by atoms with van der Waals surface area (Å²) >= 11 is 0. The lowest BCUT2D eigenvalue weighted by Gasteiger charge is -2.08. The Bertz CT molecular complexity index is 772. The first kappa shape index (κ1) is 12.1. The van der Waals surface area contributed by atoms with Crippen LogP contribution < -0.4 is 5.32 Å². The lowest BCUT2D eigenvalue weighted by atomic mass is 10.0. The van der Waals surface area contributed by atoms with E-state index in [9.17, 15) is 9.90 Å². The van der Waals surface area contributed by atoms with Crippen LogP contribution in [0.25, 0.3) is 10.8 Å². The summed E-state index contributed by atoms with van der Waals surface area (Å²) in [6.45, 7) is 0. The second-order valence-electron chi connectivity index (χ2n) is 4.26. The molecule has 0 spiro atoms. The van der Waals surface area contributed by atoms with E-state index in [1.54, 1.807) is 18.2 Å². The quantitative estimate of drug-likeness (QED) is 0.746. The molecule has 0 bridgehead atoms. The van der Waals surface area contributed by atoms with Crippen molar-refractivity contribution in [2.45, 2.75) is 0 Å². The highest BCUT2D eigenvalue weighted by atomic mass is 16.3. The maximum atomic E-state index is 12.2. The van der Waals surface area contributed by atoms with E-state index in [1.807, 2.05) is 18.2 Å². The van der Waals surface area contributed by atoms with E-state index >= 15 is 0 Å². The molecule has 0 aliphatic carbocycles. The van der Waals surface area contributed by atoms with Crippen LogP contribution >= 0.6 is 0 Å². The highest BCUT2D eigenvalue weighted by Crippen LogP contribution is 2.28. The van der Waals surface area contributed by atoms with E-state index < -0.39 is 5.91 Å². The molecule has 5 nitrogen and oxygen atoms in total. The van der Waals surface area contributed by atoms with Gasteiger partial charge < -0.3 is 10.4 Å². The zero-order valence-electron chi connectivity index (χ0n) is 10.4. The third-order valence-corrected chi connectivity index (χ3v) is 2.96. The number of phenolic OH excluding ortho intramolecular Hbond substituents is 1. The minimum Gasteiger partial charge on any atom is -0.506 e. The predicted molar refractivity (Wildman–Crippen MR) is 75.6 cm³/mol. The van der Waals surface area contributed by atoms with E-state index in [4.69, 9.17) is 0 Å². The van der Waals surface area contributed by atoms with E-state index in [0.717, 1.165) is 5.39 Å². The van der Waals surface area contributed by atoms with Gasteiger partial charge in [0.25, 0.3) is 5.91 Å². The molecular weight excluding hydrogens is 254 g/mol. The first-order valence-corrected chi connectivity index (χ1v) is 6.03. The molecule has 0 radical (unpaired) electrons. The van der Waals surface area contributed by atoms with Crippen LogP contribution in [0.15, 0.2) is 55.1 Å². The number of nitrogens with zero attached hydrogens (tertiary/aromatic N) is 2. The summed E-state index contributed by atoms with van der Waals surface area (Å²) in [6, 6.07) is 10.7. The molecule has 3 rings (SSSR count). The molecule has 3 aromatic rings. The Hall–Kier alpha value is -2.95.